The van der Waals surface area contributed by atoms with E-state index in [2.05, 4.69) is 34.1 Å². The Bertz CT molecular complexity index is 764. The van der Waals surface area contributed by atoms with E-state index in [0.29, 0.717) is 12.4 Å². The van der Waals surface area contributed by atoms with Gasteiger partial charge in [0.2, 0.25) is 0 Å². The molecule has 0 saturated heterocycles. The number of nitrogens with zero attached hydrogens (tertiary/aromatic N) is 4. The Labute approximate surface area is 117 Å². The van der Waals surface area contributed by atoms with E-state index in [1.807, 2.05) is 19.2 Å². The van der Waals surface area contributed by atoms with Crippen LogP contribution in [0, 0.1) is 6.92 Å². The molecule has 0 bridgehead atoms. The molecule has 2 aromatic heterocycles. The third-order valence-electron chi connectivity index (χ3n) is 3.34. The summed E-state index contributed by atoms with van der Waals surface area (Å²) in [5.41, 5.74) is 3.14. The standard InChI is InChI=1S/C15H16N4O/c1-10-6-7-12(11-5-4-8-16-14(10)11)15-17-13(9-20-3)19(2)18-15/h4-8H,9H2,1-3H3. The Morgan fingerprint density at radius 1 is 1.25 bits per heavy atom. The van der Waals surface area contributed by atoms with Crippen LogP contribution in [0.2, 0.25) is 0 Å². The molecule has 0 atom stereocenters. The van der Waals surface area contributed by atoms with Gasteiger partial charge in [-0.2, -0.15) is 5.10 Å². The van der Waals surface area contributed by atoms with Gasteiger partial charge in [0.1, 0.15) is 6.61 Å². The molecular formula is C15H16N4O. The van der Waals surface area contributed by atoms with Gasteiger partial charge in [-0.3, -0.25) is 9.67 Å². The van der Waals surface area contributed by atoms with Crippen LogP contribution in [0.4, 0.5) is 0 Å². The summed E-state index contributed by atoms with van der Waals surface area (Å²) in [4.78, 5) is 8.99. The summed E-state index contributed by atoms with van der Waals surface area (Å²) in [5, 5.41) is 5.55. The lowest BCUT2D eigenvalue weighted by Crippen LogP contribution is -2.00. The molecule has 2 heterocycles. The third-order valence-corrected chi connectivity index (χ3v) is 3.34. The van der Waals surface area contributed by atoms with Gasteiger partial charge in [-0.05, 0) is 18.6 Å². The van der Waals surface area contributed by atoms with Crippen LogP contribution in [0.15, 0.2) is 30.5 Å². The van der Waals surface area contributed by atoms with Gasteiger partial charge in [-0.15, -0.1) is 0 Å². The number of hydrogen-bond donors (Lipinski definition) is 0. The van der Waals surface area contributed by atoms with Gasteiger partial charge >= 0.3 is 0 Å². The number of aryl methyl sites for hydroxylation is 2. The smallest absolute Gasteiger partial charge is 0.182 e. The first kappa shape index (κ1) is 12.7. The summed E-state index contributed by atoms with van der Waals surface area (Å²) < 4.78 is 6.88. The van der Waals surface area contributed by atoms with Crippen LogP contribution in [0.5, 0.6) is 0 Å². The van der Waals surface area contributed by atoms with Gasteiger partial charge in [-0.1, -0.05) is 18.2 Å². The monoisotopic (exact) mass is 268 g/mol. The topological polar surface area (TPSA) is 52.8 Å². The summed E-state index contributed by atoms with van der Waals surface area (Å²) in [7, 11) is 3.53. The molecule has 0 aliphatic rings. The fourth-order valence-electron chi connectivity index (χ4n) is 2.29. The molecule has 5 nitrogen and oxygen atoms in total. The van der Waals surface area contributed by atoms with Crippen LogP contribution in [0.3, 0.4) is 0 Å². The summed E-state index contributed by atoms with van der Waals surface area (Å²) in [6.45, 7) is 2.51. The molecule has 0 spiro atoms. The van der Waals surface area contributed by atoms with Crippen molar-refractivity contribution in [2.24, 2.45) is 7.05 Å². The van der Waals surface area contributed by atoms with E-state index in [-0.39, 0.29) is 0 Å². The lowest BCUT2D eigenvalue weighted by Gasteiger charge is -2.04. The second-order valence-corrected chi connectivity index (χ2v) is 4.74. The lowest BCUT2D eigenvalue weighted by molar-refractivity contribution is 0.174. The summed E-state index contributed by atoms with van der Waals surface area (Å²) in [6, 6.07) is 8.09. The SMILES string of the molecule is COCc1nc(-c2ccc(C)c3ncccc23)nn1C. The van der Waals surface area contributed by atoms with Gasteiger partial charge in [0, 0.05) is 31.3 Å². The van der Waals surface area contributed by atoms with E-state index in [1.54, 1.807) is 18.0 Å². The predicted molar refractivity (Wildman–Crippen MR) is 77.2 cm³/mol. The largest absolute Gasteiger partial charge is 0.377 e. The molecule has 0 N–H and O–H groups in total. The summed E-state index contributed by atoms with van der Waals surface area (Å²) in [5.74, 6) is 1.51. The second-order valence-electron chi connectivity index (χ2n) is 4.74. The molecule has 3 rings (SSSR count). The molecule has 0 saturated carbocycles. The first-order valence-electron chi connectivity index (χ1n) is 6.44. The molecule has 0 aliphatic heterocycles. The normalized spacial score (nSPS) is 11.2. The molecule has 0 amide bonds. The molecule has 20 heavy (non-hydrogen) atoms. The number of hydrogen-bond acceptors (Lipinski definition) is 4. The number of rotatable bonds is 3. The first-order valence-corrected chi connectivity index (χ1v) is 6.44. The Morgan fingerprint density at radius 3 is 2.90 bits per heavy atom. The molecular weight excluding hydrogens is 252 g/mol. The molecule has 0 aliphatic carbocycles. The maximum atomic E-state index is 5.13. The number of methoxy groups -OCH3 is 1. The van der Waals surface area contributed by atoms with Crippen LogP contribution in [0.1, 0.15) is 11.4 Å². The molecule has 5 heteroatoms. The highest BCUT2D eigenvalue weighted by Crippen LogP contribution is 2.27. The summed E-state index contributed by atoms with van der Waals surface area (Å²) >= 11 is 0. The van der Waals surface area contributed by atoms with Crippen LogP contribution in [-0.2, 0) is 18.4 Å². The number of pyridine rings is 1. The quantitative estimate of drug-likeness (QED) is 0.732. The van der Waals surface area contributed by atoms with Crippen LogP contribution >= 0.6 is 0 Å². The lowest BCUT2D eigenvalue weighted by atomic mass is 10.0. The predicted octanol–water partition coefficient (Wildman–Crippen LogP) is 2.49. The van der Waals surface area contributed by atoms with Crippen molar-refractivity contribution in [2.45, 2.75) is 13.5 Å². The van der Waals surface area contributed by atoms with E-state index in [4.69, 9.17) is 4.74 Å². The Kier molecular flexibility index (Phi) is 3.20. The van der Waals surface area contributed by atoms with Gasteiger partial charge in [0.25, 0.3) is 0 Å². The van der Waals surface area contributed by atoms with E-state index in [1.165, 1.54) is 0 Å². The van der Waals surface area contributed by atoms with Crippen molar-refractivity contribution < 1.29 is 4.74 Å². The number of fused-ring (bicyclic) bond motifs is 1. The van der Waals surface area contributed by atoms with E-state index >= 15 is 0 Å². The highest BCUT2D eigenvalue weighted by atomic mass is 16.5. The maximum Gasteiger partial charge on any atom is 0.182 e. The van der Waals surface area contributed by atoms with Crippen LogP contribution < -0.4 is 0 Å². The van der Waals surface area contributed by atoms with Gasteiger partial charge in [-0.25, -0.2) is 4.98 Å². The molecule has 3 aromatic rings. The molecule has 102 valence electrons. The van der Waals surface area contributed by atoms with Gasteiger partial charge in [0.15, 0.2) is 11.6 Å². The first-order chi connectivity index (χ1) is 9.70. The van der Waals surface area contributed by atoms with E-state index in [9.17, 15) is 0 Å². The van der Waals surface area contributed by atoms with Gasteiger partial charge in [0.05, 0.1) is 5.52 Å². The van der Waals surface area contributed by atoms with Crippen LogP contribution in [0.25, 0.3) is 22.3 Å². The Hall–Kier alpha value is -2.27. The Balaban J connectivity index is 2.20. The fraction of sp³-hybridized carbons (Fsp3) is 0.267. The van der Waals surface area contributed by atoms with E-state index in [0.717, 1.165) is 27.9 Å². The average molecular weight is 268 g/mol. The number of ether oxygens (including phenoxy) is 1. The zero-order chi connectivity index (χ0) is 14.1. The minimum atomic E-state index is 0.450. The minimum absolute atomic E-state index is 0.450. The number of aromatic nitrogens is 4. The number of benzene rings is 1. The van der Waals surface area contributed by atoms with Gasteiger partial charge < -0.3 is 4.74 Å². The minimum Gasteiger partial charge on any atom is -0.377 e. The summed E-state index contributed by atoms with van der Waals surface area (Å²) in [6.07, 6.45) is 1.81. The maximum absolute atomic E-state index is 5.13. The van der Waals surface area contributed by atoms with Crippen molar-refractivity contribution in [1.82, 2.24) is 19.7 Å². The van der Waals surface area contributed by atoms with E-state index < -0.39 is 0 Å². The average Bonchev–Trinajstić information content (AvgIpc) is 2.81. The molecule has 0 unspecified atom stereocenters. The van der Waals surface area contributed by atoms with Crippen molar-refractivity contribution >= 4 is 10.9 Å². The second kappa shape index (κ2) is 5.02. The molecule has 1 aromatic carbocycles. The van der Waals surface area contributed by atoms with Crippen molar-refractivity contribution in [3.8, 4) is 11.4 Å². The van der Waals surface area contributed by atoms with Crippen molar-refractivity contribution in [3.05, 3.63) is 41.9 Å². The molecule has 0 fully saturated rings. The van der Waals surface area contributed by atoms with Crippen LogP contribution in [-0.4, -0.2) is 26.9 Å². The zero-order valence-corrected chi connectivity index (χ0v) is 11.8. The highest BCUT2D eigenvalue weighted by molar-refractivity contribution is 5.94. The zero-order valence-electron chi connectivity index (χ0n) is 11.8. The fourth-order valence-corrected chi connectivity index (χ4v) is 2.29. The van der Waals surface area contributed by atoms with Crippen molar-refractivity contribution in [3.63, 3.8) is 0 Å². The van der Waals surface area contributed by atoms with Crippen molar-refractivity contribution in [2.75, 3.05) is 7.11 Å². The Morgan fingerprint density at radius 2 is 2.10 bits per heavy atom. The van der Waals surface area contributed by atoms with Crippen molar-refractivity contribution in [1.29, 1.82) is 0 Å². The third kappa shape index (κ3) is 2.06. The highest BCUT2D eigenvalue weighted by Gasteiger charge is 2.13. The molecule has 0 radical (unpaired) electrons.